The van der Waals surface area contributed by atoms with Crippen LogP contribution in [0.15, 0.2) is 60.9 Å². The van der Waals surface area contributed by atoms with Crippen LogP contribution in [0, 0.1) is 0 Å². The van der Waals surface area contributed by atoms with E-state index in [0.29, 0.717) is 41.0 Å². The molecule has 0 saturated carbocycles. The number of likely N-dealkylation sites (tertiary alicyclic amines) is 1. The van der Waals surface area contributed by atoms with Crippen molar-refractivity contribution in [3.63, 3.8) is 0 Å². The quantitative estimate of drug-likeness (QED) is 0.281. The first-order chi connectivity index (χ1) is 17.7. The summed E-state index contributed by atoms with van der Waals surface area (Å²) in [5, 5.41) is 3.72. The fourth-order valence-electron chi connectivity index (χ4n) is 4.55. The highest BCUT2D eigenvalue weighted by molar-refractivity contribution is 6.45. The summed E-state index contributed by atoms with van der Waals surface area (Å²) in [5.74, 6) is -0.784. The summed E-state index contributed by atoms with van der Waals surface area (Å²) >= 11 is 0. The van der Waals surface area contributed by atoms with E-state index in [9.17, 15) is 22.8 Å². The van der Waals surface area contributed by atoms with Gasteiger partial charge in [0.25, 0.3) is 11.7 Å². The van der Waals surface area contributed by atoms with Crippen LogP contribution in [-0.2, 0) is 18.0 Å². The van der Waals surface area contributed by atoms with E-state index in [2.05, 4.69) is 15.3 Å². The average molecular weight is 508 g/mol. The van der Waals surface area contributed by atoms with Gasteiger partial charge in [-0.2, -0.15) is 13.2 Å². The molecule has 2 aromatic heterocycles. The van der Waals surface area contributed by atoms with Gasteiger partial charge >= 0.3 is 6.18 Å². The number of amides is 1. The first kappa shape index (κ1) is 24.5. The Morgan fingerprint density at radius 2 is 1.70 bits per heavy atom. The molecular formula is C27H24F3N5O2. The van der Waals surface area contributed by atoms with Crippen molar-refractivity contribution in [3.8, 4) is 11.3 Å². The predicted molar refractivity (Wildman–Crippen MR) is 133 cm³/mol. The van der Waals surface area contributed by atoms with Crippen molar-refractivity contribution in [1.82, 2.24) is 19.4 Å². The lowest BCUT2D eigenvalue weighted by Crippen LogP contribution is -2.40. The molecule has 1 fully saturated rings. The molecular weight excluding hydrogens is 483 g/mol. The maximum absolute atomic E-state index is 13.1. The van der Waals surface area contributed by atoms with Crippen LogP contribution in [0.5, 0.6) is 0 Å². The first-order valence-corrected chi connectivity index (χ1v) is 11.9. The average Bonchev–Trinajstić information content (AvgIpc) is 3.23. The summed E-state index contributed by atoms with van der Waals surface area (Å²) < 4.78 is 40.4. The number of halogens is 3. The summed E-state index contributed by atoms with van der Waals surface area (Å²) in [7, 11) is 1.81. The Kier molecular flexibility index (Phi) is 6.41. The van der Waals surface area contributed by atoms with Crippen molar-refractivity contribution >= 4 is 34.2 Å². The van der Waals surface area contributed by atoms with E-state index in [1.165, 1.54) is 18.3 Å². The molecule has 190 valence electrons. The lowest BCUT2D eigenvalue weighted by Gasteiger charge is -2.25. The largest absolute Gasteiger partial charge is 0.416 e. The molecule has 2 aromatic carbocycles. The highest BCUT2D eigenvalue weighted by atomic mass is 19.4. The number of carbonyl (C=O) groups excluding carboxylic acids is 2. The minimum atomic E-state index is -4.41. The number of alkyl halides is 3. The van der Waals surface area contributed by atoms with E-state index >= 15 is 0 Å². The molecule has 1 N–H and O–H groups in total. The zero-order chi connectivity index (χ0) is 26.2. The maximum atomic E-state index is 13.1. The lowest BCUT2D eigenvalue weighted by molar-refractivity contribution is -0.137. The second-order valence-electron chi connectivity index (χ2n) is 9.03. The fraction of sp³-hybridized carbons (Fsp3) is 0.259. The molecule has 0 aliphatic carbocycles. The normalized spacial score (nSPS) is 14.1. The summed E-state index contributed by atoms with van der Waals surface area (Å²) in [6.07, 6.45) is 1.62. The van der Waals surface area contributed by atoms with Crippen LogP contribution in [0.3, 0.4) is 0 Å². The molecule has 1 saturated heterocycles. The number of ketones is 1. The zero-order valence-corrected chi connectivity index (χ0v) is 20.0. The molecule has 10 heteroatoms. The van der Waals surface area contributed by atoms with Crippen LogP contribution >= 0.6 is 0 Å². The molecule has 0 atom stereocenters. The Labute approximate surface area is 210 Å². The number of rotatable bonds is 5. The van der Waals surface area contributed by atoms with Crippen molar-refractivity contribution in [3.05, 3.63) is 72.1 Å². The Bertz CT molecular complexity index is 1470. The molecule has 1 aliphatic rings. The van der Waals surface area contributed by atoms with Crippen LogP contribution < -0.4 is 5.32 Å². The van der Waals surface area contributed by atoms with Gasteiger partial charge in [0.05, 0.1) is 16.8 Å². The maximum Gasteiger partial charge on any atom is 0.416 e. The number of carbonyl (C=O) groups is 2. The van der Waals surface area contributed by atoms with Gasteiger partial charge in [0, 0.05) is 54.7 Å². The van der Waals surface area contributed by atoms with Crippen molar-refractivity contribution in [1.29, 1.82) is 0 Å². The van der Waals surface area contributed by atoms with Crippen LogP contribution in [-0.4, -0.2) is 44.2 Å². The van der Waals surface area contributed by atoms with Crippen molar-refractivity contribution < 1.29 is 22.8 Å². The zero-order valence-electron chi connectivity index (χ0n) is 20.0. The lowest BCUT2D eigenvalue weighted by atomic mass is 10.1. The van der Waals surface area contributed by atoms with Gasteiger partial charge < -0.3 is 14.8 Å². The van der Waals surface area contributed by atoms with Crippen LogP contribution in [0.4, 0.5) is 24.8 Å². The number of nitrogens with one attached hydrogen (secondary N) is 1. The number of Topliss-reactive ketones (excluding diaryl/α,β-unsaturated/α-hetero) is 1. The van der Waals surface area contributed by atoms with E-state index in [-0.39, 0.29) is 5.95 Å². The third kappa shape index (κ3) is 5.04. The fourth-order valence-corrected chi connectivity index (χ4v) is 4.55. The van der Waals surface area contributed by atoms with E-state index in [1.54, 1.807) is 33.9 Å². The Morgan fingerprint density at radius 1 is 0.973 bits per heavy atom. The van der Waals surface area contributed by atoms with Gasteiger partial charge in [0.1, 0.15) is 0 Å². The van der Waals surface area contributed by atoms with Crippen molar-refractivity contribution in [2.75, 3.05) is 18.4 Å². The second kappa shape index (κ2) is 9.68. The number of aromatic nitrogens is 3. The van der Waals surface area contributed by atoms with Gasteiger partial charge in [-0.25, -0.2) is 9.97 Å². The number of nitrogens with zero attached hydrogens (tertiary/aromatic N) is 4. The van der Waals surface area contributed by atoms with E-state index in [0.717, 1.165) is 36.9 Å². The van der Waals surface area contributed by atoms with Gasteiger partial charge in [-0.1, -0.05) is 12.1 Å². The highest BCUT2D eigenvalue weighted by Crippen LogP contribution is 2.31. The summed E-state index contributed by atoms with van der Waals surface area (Å²) in [4.78, 5) is 36.2. The molecule has 1 amide bonds. The predicted octanol–water partition coefficient (Wildman–Crippen LogP) is 5.59. The highest BCUT2D eigenvalue weighted by Gasteiger charge is 2.30. The Balaban J connectivity index is 1.40. The molecule has 37 heavy (non-hydrogen) atoms. The number of fused-ring (bicyclic) bond motifs is 1. The van der Waals surface area contributed by atoms with E-state index in [4.69, 9.17) is 0 Å². The van der Waals surface area contributed by atoms with Gasteiger partial charge in [-0.3, -0.25) is 9.59 Å². The summed E-state index contributed by atoms with van der Waals surface area (Å²) in [6.45, 7) is 1.18. The summed E-state index contributed by atoms with van der Waals surface area (Å²) in [6, 6.07) is 11.8. The van der Waals surface area contributed by atoms with E-state index < -0.39 is 23.4 Å². The molecule has 3 heterocycles. The molecule has 1 aliphatic heterocycles. The van der Waals surface area contributed by atoms with Gasteiger partial charge in [-0.15, -0.1) is 0 Å². The minimum absolute atomic E-state index is 0.241. The number of benzene rings is 2. The monoisotopic (exact) mass is 507 g/mol. The van der Waals surface area contributed by atoms with Gasteiger partial charge in [-0.05, 0) is 55.7 Å². The third-order valence-electron chi connectivity index (χ3n) is 6.49. The first-order valence-electron chi connectivity index (χ1n) is 11.9. The SMILES string of the molecule is Cn1cc(C(=O)C(=O)N2CCCCC2)c2cc(Nc3nccc(-c4ccc(C(F)(F)F)cc4)n3)ccc21. The molecule has 0 unspecified atom stereocenters. The van der Waals surface area contributed by atoms with Crippen molar-refractivity contribution in [2.45, 2.75) is 25.4 Å². The van der Waals surface area contributed by atoms with Gasteiger partial charge in [0.2, 0.25) is 5.95 Å². The standard InChI is InChI=1S/C27H24F3N5O2/c1-34-16-21(24(36)25(37)35-13-3-2-4-14-35)20-15-19(9-10-23(20)34)32-26-31-12-11-22(33-26)17-5-7-18(8-6-17)27(28,29)30/h5-12,15-16H,2-4,13-14H2,1H3,(H,31,32,33). The van der Waals surface area contributed by atoms with Crippen LogP contribution in [0.25, 0.3) is 22.2 Å². The Morgan fingerprint density at radius 3 is 2.41 bits per heavy atom. The number of anilines is 2. The number of hydrogen-bond donors (Lipinski definition) is 1. The molecule has 0 bridgehead atoms. The summed E-state index contributed by atoms with van der Waals surface area (Å²) in [5.41, 5.74) is 1.96. The molecule has 5 rings (SSSR count). The van der Waals surface area contributed by atoms with Crippen LogP contribution in [0.2, 0.25) is 0 Å². The number of piperidine rings is 1. The third-order valence-corrected chi connectivity index (χ3v) is 6.49. The number of aryl methyl sites for hydroxylation is 1. The molecule has 0 radical (unpaired) electrons. The smallest absolute Gasteiger partial charge is 0.350 e. The molecule has 0 spiro atoms. The topological polar surface area (TPSA) is 80.1 Å². The molecule has 4 aromatic rings. The van der Waals surface area contributed by atoms with E-state index in [1.807, 2.05) is 13.1 Å². The van der Waals surface area contributed by atoms with Crippen molar-refractivity contribution in [2.24, 2.45) is 7.05 Å². The Hall–Kier alpha value is -4.21. The minimum Gasteiger partial charge on any atom is -0.350 e. The molecule has 7 nitrogen and oxygen atoms in total. The number of hydrogen-bond acceptors (Lipinski definition) is 5. The van der Waals surface area contributed by atoms with Crippen LogP contribution in [0.1, 0.15) is 35.2 Å². The second-order valence-corrected chi connectivity index (χ2v) is 9.03. The van der Waals surface area contributed by atoms with Gasteiger partial charge in [0.15, 0.2) is 0 Å².